The number of carbonyl (C=O) groups excluding carboxylic acids is 1. The molecule has 0 aliphatic carbocycles. The zero-order valence-electron chi connectivity index (χ0n) is 13.3. The third kappa shape index (κ3) is 2.93. The molecular weight excluding hydrogens is 346 g/mol. The molecule has 0 radical (unpaired) electrons. The Morgan fingerprint density at radius 2 is 1.76 bits per heavy atom. The second-order valence-corrected chi connectivity index (χ2v) is 7.39. The molecule has 0 saturated heterocycles. The highest BCUT2D eigenvalue weighted by Crippen LogP contribution is 2.35. The minimum Gasteiger partial charge on any atom is -0.313 e. The first kappa shape index (κ1) is 16.9. The van der Waals surface area contributed by atoms with Gasteiger partial charge in [0, 0.05) is 32.1 Å². The van der Waals surface area contributed by atoms with Crippen LogP contribution in [0.5, 0.6) is 0 Å². The average molecular weight is 361 g/mol. The zero-order valence-corrected chi connectivity index (χ0v) is 14.1. The number of hydrogen-bond acceptors (Lipinski definition) is 5. The van der Waals surface area contributed by atoms with Crippen LogP contribution in [0.15, 0.2) is 53.4 Å². The van der Waals surface area contributed by atoms with E-state index in [-0.39, 0.29) is 29.5 Å². The number of non-ortho nitro benzene ring substituents is 1. The molecule has 3 rings (SSSR count). The molecule has 0 atom stereocenters. The highest BCUT2D eigenvalue weighted by atomic mass is 32.2. The van der Waals surface area contributed by atoms with Gasteiger partial charge in [0.05, 0.1) is 21.2 Å². The summed E-state index contributed by atoms with van der Waals surface area (Å²) in [5.74, 6) is -0.204. The second-order valence-electron chi connectivity index (χ2n) is 5.52. The van der Waals surface area contributed by atoms with E-state index in [1.807, 2.05) is 0 Å². The van der Waals surface area contributed by atoms with Crippen molar-refractivity contribution in [2.75, 3.05) is 22.8 Å². The van der Waals surface area contributed by atoms with E-state index in [1.165, 1.54) is 23.1 Å². The predicted molar refractivity (Wildman–Crippen MR) is 92.1 cm³/mol. The molecule has 0 N–H and O–H groups in total. The summed E-state index contributed by atoms with van der Waals surface area (Å²) in [5, 5.41) is 10.9. The van der Waals surface area contributed by atoms with Crippen molar-refractivity contribution in [3.8, 4) is 0 Å². The van der Waals surface area contributed by atoms with Gasteiger partial charge in [-0.15, -0.1) is 0 Å². The Balaban J connectivity index is 2.14. The Morgan fingerprint density at radius 1 is 1.08 bits per heavy atom. The SMILES string of the molecule is CN1C(=O)CCN(S(=O)(=O)c2cccc([N+](=O)[O-])c2)c2ccccc21. The summed E-state index contributed by atoms with van der Waals surface area (Å²) in [6.07, 6.45) is 0.0132. The number of nitrogens with zero attached hydrogens (tertiary/aromatic N) is 3. The van der Waals surface area contributed by atoms with E-state index in [1.54, 1.807) is 31.3 Å². The quantitative estimate of drug-likeness (QED) is 0.616. The number of amides is 1. The fourth-order valence-electron chi connectivity index (χ4n) is 2.71. The van der Waals surface area contributed by atoms with Gasteiger partial charge in [-0.25, -0.2) is 8.42 Å². The molecule has 0 spiro atoms. The van der Waals surface area contributed by atoms with Crippen molar-refractivity contribution in [3.63, 3.8) is 0 Å². The number of nitro benzene ring substituents is 1. The van der Waals surface area contributed by atoms with Gasteiger partial charge in [0.1, 0.15) is 0 Å². The van der Waals surface area contributed by atoms with Gasteiger partial charge < -0.3 is 4.90 Å². The topological polar surface area (TPSA) is 101 Å². The van der Waals surface area contributed by atoms with Gasteiger partial charge in [0.25, 0.3) is 15.7 Å². The number of rotatable bonds is 3. The van der Waals surface area contributed by atoms with Crippen molar-refractivity contribution in [2.45, 2.75) is 11.3 Å². The van der Waals surface area contributed by atoms with Crippen LogP contribution in [-0.4, -0.2) is 32.8 Å². The number of benzene rings is 2. The highest BCUT2D eigenvalue weighted by Gasteiger charge is 2.32. The first-order valence-corrected chi connectivity index (χ1v) is 8.89. The summed E-state index contributed by atoms with van der Waals surface area (Å²) >= 11 is 0. The number of nitro groups is 1. The fourth-order valence-corrected chi connectivity index (χ4v) is 4.23. The number of para-hydroxylation sites is 2. The maximum absolute atomic E-state index is 13.1. The van der Waals surface area contributed by atoms with E-state index >= 15 is 0 Å². The molecule has 2 aromatic carbocycles. The molecule has 0 bridgehead atoms. The molecule has 1 amide bonds. The molecule has 130 valence electrons. The Bertz CT molecular complexity index is 958. The van der Waals surface area contributed by atoms with Crippen LogP contribution in [0.2, 0.25) is 0 Å². The van der Waals surface area contributed by atoms with E-state index in [4.69, 9.17) is 0 Å². The number of hydrogen-bond donors (Lipinski definition) is 0. The molecule has 1 heterocycles. The maximum Gasteiger partial charge on any atom is 0.270 e. The highest BCUT2D eigenvalue weighted by molar-refractivity contribution is 7.92. The first-order valence-electron chi connectivity index (χ1n) is 7.45. The minimum absolute atomic E-state index is 0.0132. The molecule has 2 aromatic rings. The van der Waals surface area contributed by atoms with E-state index in [0.29, 0.717) is 11.4 Å². The van der Waals surface area contributed by atoms with Crippen LogP contribution >= 0.6 is 0 Å². The fraction of sp³-hybridized carbons (Fsp3) is 0.188. The van der Waals surface area contributed by atoms with Gasteiger partial charge in [-0.1, -0.05) is 18.2 Å². The summed E-state index contributed by atoms with van der Waals surface area (Å²) in [4.78, 5) is 23.7. The maximum atomic E-state index is 13.1. The molecule has 0 unspecified atom stereocenters. The van der Waals surface area contributed by atoms with E-state index in [0.717, 1.165) is 10.4 Å². The Hall–Kier alpha value is -2.94. The van der Waals surface area contributed by atoms with Crippen LogP contribution in [-0.2, 0) is 14.8 Å². The third-order valence-corrected chi connectivity index (χ3v) is 5.84. The third-order valence-electron chi connectivity index (χ3n) is 4.03. The van der Waals surface area contributed by atoms with E-state index in [2.05, 4.69) is 0 Å². The lowest BCUT2D eigenvalue weighted by molar-refractivity contribution is -0.385. The molecule has 0 fully saturated rings. The molecule has 8 nitrogen and oxygen atoms in total. The summed E-state index contributed by atoms with van der Waals surface area (Å²) in [6.45, 7) is -0.0365. The van der Waals surface area contributed by atoms with Gasteiger partial charge >= 0.3 is 0 Å². The predicted octanol–water partition coefficient (Wildman–Crippen LogP) is 2.16. The smallest absolute Gasteiger partial charge is 0.270 e. The second kappa shape index (κ2) is 6.17. The lowest BCUT2D eigenvalue weighted by atomic mass is 10.2. The largest absolute Gasteiger partial charge is 0.313 e. The Kier molecular flexibility index (Phi) is 4.17. The van der Waals surface area contributed by atoms with Crippen LogP contribution in [0.1, 0.15) is 6.42 Å². The molecule has 25 heavy (non-hydrogen) atoms. The van der Waals surface area contributed by atoms with Gasteiger partial charge in [-0.3, -0.25) is 19.2 Å². The van der Waals surface area contributed by atoms with Crippen molar-refractivity contribution < 1.29 is 18.1 Å². The number of anilines is 2. The van der Waals surface area contributed by atoms with Crippen LogP contribution in [0.4, 0.5) is 17.1 Å². The molecule has 0 aromatic heterocycles. The van der Waals surface area contributed by atoms with Crippen LogP contribution in [0, 0.1) is 10.1 Å². The number of carbonyl (C=O) groups is 1. The molecule has 9 heteroatoms. The molecule has 1 aliphatic rings. The van der Waals surface area contributed by atoms with E-state index < -0.39 is 14.9 Å². The monoisotopic (exact) mass is 361 g/mol. The lowest BCUT2D eigenvalue weighted by Gasteiger charge is -2.24. The molecule has 1 aliphatic heterocycles. The van der Waals surface area contributed by atoms with Gasteiger partial charge in [-0.2, -0.15) is 0 Å². The average Bonchev–Trinajstić information content (AvgIpc) is 2.73. The molecular formula is C16H15N3O5S. The summed E-state index contributed by atoms with van der Waals surface area (Å²) < 4.78 is 27.3. The summed E-state index contributed by atoms with van der Waals surface area (Å²) in [5.41, 5.74) is 0.527. The Morgan fingerprint density at radius 3 is 2.44 bits per heavy atom. The van der Waals surface area contributed by atoms with E-state index in [9.17, 15) is 23.3 Å². The van der Waals surface area contributed by atoms with Crippen molar-refractivity contribution >= 4 is 33.0 Å². The van der Waals surface area contributed by atoms with Gasteiger partial charge in [-0.05, 0) is 18.2 Å². The number of fused-ring (bicyclic) bond motifs is 1. The van der Waals surface area contributed by atoms with Crippen molar-refractivity contribution in [1.29, 1.82) is 0 Å². The lowest BCUT2D eigenvalue weighted by Crippen LogP contribution is -2.32. The van der Waals surface area contributed by atoms with Crippen LogP contribution in [0.25, 0.3) is 0 Å². The zero-order chi connectivity index (χ0) is 18.2. The Labute approximate surface area is 144 Å². The van der Waals surface area contributed by atoms with Crippen molar-refractivity contribution in [2.24, 2.45) is 0 Å². The first-order chi connectivity index (χ1) is 11.8. The number of sulfonamides is 1. The van der Waals surface area contributed by atoms with Crippen LogP contribution in [0.3, 0.4) is 0 Å². The normalized spacial score (nSPS) is 14.8. The van der Waals surface area contributed by atoms with Gasteiger partial charge in [0.2, 0.25) is 5.91 Å². The summed E-state index contributed by atoms with van der Waals surface area (Å²) in [7, 11) is -2.46. The van der Waals surface area contributed by atoms with Crippen molar-refractivity contribution in [3.05, 3.63) is 58.6 Å². The van der Waals surface area contributed by atoms with Crippen molar-refractivity contribution in [1.82, 2.24) is 0 Å². The van der Waals surface area contributed by atoms with Gasteiger partial charge in [0.15, 0.2) is 0 Å². The molecule has 0 saturated carbocycles. The summed E-state index contributed by atoms with van der Waals surface area (Å²) in [6, 6.07) is 11.5. The minimum atomic E-state index is -4.05. The standard InChI is InChI=1S/C16H15N3O5S/c1-17-14-7-2-3-8-15(14)18(10-9-16(17)20)25(23,24)13-6-4-5-12(11-13)19(21)22/h2-8,11H,9-10H2,1H3. The van der Waals surface area contributed by atoms with Crippen LogP contribution < -0.4 is 9.21 Å².